The maximum Gasteiger partial charge on any atom is 0.345 e. The summed E-state index contributed by atoms with van der Waals surface area (Å²) in [5.74, 6) is -0.440. The molecule has 0 radical (unpaired) electrons. The number of aryl methyl sites for hydroxylation is 1. The van der Waals surface area contributed by atoms with Crippen LogP contribution in [0.15, 0.2) is 11.0 Å². The van der Waals surface area contributed by atoms with E-state index in [0.717, 1.165) is 6.42 Å². The van der Waals surface area contributed by atoms with Crippen molar-refractivity contribution in [2.45, 2.75) is 26.7 Å². The normalized spacial score (nSPS) is 10.0. The number of hydrogen-bond donors (Lipinski definition) is 1. The molecule has 15 heavy (non-hydrogen) atoms. The molecule has 0 fully saturated rings. The van der Waals surface area contributed by atoms with Crippen molar-refractivity contribution >= 4 is 5.97 Å². The van der Waals surface area contributed by atoms with Crippen LogP contribution in [0, 0.1) is 0 Å². The number of carbonyl (C=O) groups excluding carboxylic acids is 1. The highest BCUT2D eigenvalue weighted by molar-refractivity contribution is 5.90. The van der Waals surface area contributed by atoms with Gasteiger partial charge in [0.15, 0.2) is 0 Å². The zero-order valence-corrected chi connectivity index (χ0v) is 8.87. The minimum atomic E-state index is -0.440. The van der Waals surface area contributed by atoms with Crippen molar-refractivity contribution < 1.29 is 9.53 Å². The Morgan fingerprint density at radius 1 is 1.53 bits per heavy atom. The van der Waals surface area contributed by atoms with E-state index in [4.69, 9.17) is 4.74 Å². The van der Waals surface area contributed by atoms with Gasteiger partial charge in [-0.1, -0.05) is 13.3 Å². The summed E-state index contributed by atoms with van der Waals surface area (Å²) in [7, 11) is 0. The molecule has 0 saturated heterocycles. The third-order valence-electron chi connectivity index (χ3n) is 1.89. The fourth-order valence-corrected chi connectivity index (χ4v) is 1.26. The van der Waals surface area contributed by atoms with E-state index in [9.17, 15) is 9.59 Å². The van der Waals surface area contributed by atoms with E-state index in [1.54, 1.807) is 6.92 Å². The van der Waals surface area contributed by atoms with E-state index in [1.807, 2.05) is 6.92 Å². The number of ether oxygens (including phenoxy) is 1. The lowest BCUT2D eigenvalue weighted by molar-refractivity contribution is 0.0524. The molecular formula is C10H14N2O3. The molecule has 1 heterocycles. The highest BCUT2D eigenvalue weighted by Crippen LogP contribution is 2.06. The van der Waals surface area contributed by atoms with E-state index < -0.39 is 11.7 Å². The Morgan fingerprint density at radius 2 is 2.27 bits per heavy atom. The fourth-order valence-electron chi connectivity index (χ4n) is 1.26. The second-order valence-electron chi connectivity index (χ2n) is 3.05. The van der Waals surface area contributed by atoms with Gasteiger partial charge in [-0.2, -0.15) is 0 Å². The highest BCUT2D eigenvalue weighted by atomic mass is 16.5. The number of rotatable bonds is 4. The summed E-state index contributed by atoms with van der Waals surface area (Å²) in [6.45, 7) is 4.01. The van der Waals surface area contributed by atoms with E-state index >= 15 is 0 Å². The van der Waals surface area contributed by atoms with Crippen LogP contribution < -0.4 is 5.69 Å². The molecule has 0 amide bonds. The molecule has 5 heteroatoms. The average Bonchev–Trinajstić information content (AvgIpc) is 2.18. The summed E-state index contributed by atoms with van der Waals surface area (Å²) in [6, 6.07) is 0. The average molecular weight is 210 g/mol. The fraction of sp³-hybridized carbons (Fsp3) is 0.500. The second kappa shape index (κ2) is 5.29. The quantitative estimate of drug-likeness (QED) is 0.749. The zero-order chi connectivity index (χ0) is 11.3. The molecule has 0 spiro atoms. The lowest BCUT2D eigenvalue weighted by Gasteiger charge is -2.06. The molecule has 5 nitrogen and oxygen atoms in total. The van der Waals surface area contributed by atoms with E-state index in [1.165, 1.54) is 6.20 Å². The van der Waals surface area contributed by atoms with Crippen molar-refractivity contribution in [2.75, 3.05) is 6.61 Å². The third-order valence-corrected chi connectivity index (χ3v) is 1.89. The Labute approximate surface area is 87.5 Å². The Hall–Kier alpha value is -1.65. The first-order valence-electron chi connectivity index (χ1n) is 4.94. The number of aromatic nitrogens is 2. The first-order valence-corrected chi connectivity index (χ1v) is 4.94. The van der Waals surface area contributed by atoms with Crippen molar-refractivity contribution in [1.82, 2.24) is 9.97 Å². The van der Waals surface area contributed by atoms with E-state index in [0.29, 0.717) is 24.3 Å². The molecule has 0 aliphatic carbocycles. The predicted molar refractivity (Wildman–Crippen MR) is 54.8 cm³/mol. The van der Waals surface area contributed by atoms with Crippen LogP contribution in [0.25, 0.3) is 0 Å². The van der Waals surface area contributed by atoms with Gasteiger partial charge in [0.05, 0.1) is 12.2 Å². The van der Waals surface area contributed by atoms with Gasteiger partial charge in [0, 0.05) is 11.9 Å². The van der Waals surface area contributed by atoms with Crippen LogP contribution in [0.5, 0.6) is 0 Å². The van der Waals surface area contributed by atoms with Crippen LogP contribution in [0.2, 0.25) is 0 Å². The summed E-state index contributed by atoms with van der Waals surface area (Å²) in [5, 5.41) is 0. The van der Waals surface area contributed by atoms with Gasteiger partial charge in [-0.25, -0.2) is 14.6 Å². The van der Waals surface area contributed by atoms with Crippen LogP contribution >= 0.6 is 0 Å². The Morgan fingerprint density at radius 3 is 2.87 bits per heavy atom. The van der Waals surface area contributed by atoms with Crippen molar-refractivity contribution in [2.24, 2.45) is 0 Å². The number of esters is 1. The number of carbonyl (C=O) groups is 1. The standard InChI is InChI=1S/C10H14N2O3/c1-3-5-8-7(9(13)15-4-2)6-11-10(14)12-8/h6H,3-5H2,1-2H3,(H,11,12,14). The van der Waals surface area contributed by atoms with Gasteiger partial charge in [-0.3, -0.25) is 0 Å². The van der Waals surface area contributed by atoms with Crippen LogP contribution in [-0.2, 0) is 11.2 Å². The van der Waals surface area contributed by atoms with E-state index in [-0.39, 0.29) is 0 Å². The number of hydrogen-bond acceptors (Lipinski definition) is 4. The van der Waals surface area contributed by atoms with Gasteiger partial charge in [0.1, 0.15) is 0 Å². The van der Waals surface area contributed by atoms with Crippen molar-refractivity contribution in [3.8, 4) is 0 Å². The van der Waals surface area contributed by atoms with Gasteiger partial charge in [0.2, 0.25) is 0 Å². The topological polar surface area (TPSA) is 72.0 Å². The maximum absolute atomic E-state index is 11.5. The lowest BCUT2D eigenvalue weighted by atomic mass is 10.1. The molecule has 0 aromatic carbocycles. The molecule has 0 atom stereocenters. The first kappa shape index (κ1) is 11.4. The maximum atomic E-state index is 11.5. The van der Waals surface area contributed by atoms with Gasteiger partial charge >= 0.3 is 11.7 Å². The molecule has 1 N–H and O–H groups in total. The molecule has 1 aromatic heterocycles. The lowest BCUT2D eigenvalue weighted by Crippen LogP contribution is -2.18. The van der Waals surface area contributed by atoms with Crippen LogP contribution in [0.1, 0.15) is 36.3 Å². The summed E-state index contributed by atoms with van der Waals surface area (Å²) >= 11 is 0. The molecule has 82 valence electrons. The Kier molecular flexibility index (Phi) is 4.03. The largest absolute Gasteiger partial charge is 0.462 e. The minimum Gasteiger partial charge on any atom is -0.462 e. The number of aromatic amines is 1. The highest BCUT2D eigenvalue weighted by Gasteiger charge is 2.13. The molecule has 0 saturated carbocycles. The Balaban J connectivity index is 3.04. The molecule has 1 aromatic rings. The molecule has 0 unspecified atom stereocenters. The summed E-state index contributed by atoms with van der Waals surface area (Å²) < 4.78 is 4.85. The first-order chi connectivity index (χ1) is 7.19. The zero-order valence-electron chi connectivity index (χ0n) is 8.87. The van der Waals surface area contributed by atoms with Gasteiger partial charge in [-0.15, -0.1) is 0 Å². The third kappa shape index (κ3) is 2.90. The monoisotopic (exact) mass is 210 g/mol. The Bertz CT molecular complexity index is 398. The van der Waals surface area contributed by atoms with Crippen molar-refractivity contribution in [3.63, 3.8) is 0 Å². The van der Waals surface area contributed by atoms with Crippen LogP contribution in [-0.4, -0.2) is 22.5 Å². The van der Waals surface area contributed by atoms with Crippen LogP contribution in [0.4, 0.5) is 0 Å². The summed E-state index contributed by atoms with van der Waals surface area (Å²) in [6.07, 6.45) is 2.74. The molecule has 0 aliphatic heterocycles. The molecule has 1 rings (SSSR count). The van der Waals surface area contributed by atoms with Gasteiger partial charge in [-0.05, 0) is 13.3 Å². The summed E-state index contributed by atoms with van der Waals surface area (Å²) in [5.41, 5.74) is 0.501. The SMILES string of the molecule is CCCc1[nH]c(=O)ncc1C(=O)OCC. The molecular weight excluding hydrogens is 196 g/mol. The minimum absolute atomic E-state index is 0.309. The predicted octanol–water partition coefficient (Wildman–Crippen LogP) is 0.899. The second-order valence-corrected chi connectivity index (χ2v) is 3.05. The molecule has 0 bridgehead atoms. The summed E-state index contributed by atoms with van der Waals surface area (Å²) in [4.78, 5) is 28.5. The van der Waals surface area contributed by atoms with Gasteiger partial charge < -0.3 is 9.72 Å². The number of H-pyrrole nitrogens is 1. The van der Waals surface area contributed by atoms with Gasteiger partial charge in [0.25, 0.3) is 0 Å². The smallest absolute Gasteiger partial charge is 0.345 e. The number of nitrogens with zero attached hydrogens (tertiary/aromatic N) is 1. The number of nitrogens with one attached hydrogen (secondary N) is 1. The molecule has 0 aliphatic rings. The van der Waals surface area contributed by atoms with Crippen molar-refractivity contribution in [1.29, 1.82) is 0 Å². The van der Waals surface area contributed by atoms with Crippen LogP contribution in [0.3, 0.4) is 0 Å². The van der Waals surface area contributed by atoms with Crippen molar-refractivity contribution in [3.05, 3.63) is 27.9 Å². The van der Waals surface area contributed by atoms with E-state index in [2.05, 4.69) is 9.97 Å².